The van der Waals surface area contributed by atoms with Crippen LogP contribution >= 0.6 is 11.6 Å². The second-order valence-electron chi connectivity index (χ2n) is 8.47. The van der Waals surface area contributed by atoms with Gasteiger partial charge in [0.05, 0.1) is 0 Å². The van der Waals surface area contributed by atoms with Gasteiger partial charge in [0, 0.05) is 55.6 Å². The molecule has 0 aromatic heterocycles. The lowest BCUT2D eigenvalue weighted by Crippen LogP contribution is -2.54. The number of methoxy groups -OCH3 is 1. The molecule has 1 N–H and O–H groups in total. The fourth-order valence-corrected chi connectivity index (χ4v) is 4.77. The quantitative estimate of drug-likeness (QED) is 0.621. The molecule has 8 heteroatoms. The monoisotopic (exact) mass is 471 g/mol. The van der Waals surface area contributed by atoms with Crippen LogP contribution in [-0.4, -0.2) is 60.5 Å². The summed E-state index contributed by atoms with van der Waals surface area (Å²) in [5, 5.41) is 3.24. The summed E-state index contributed by atoms with van der Waals surface area (Å²) in [6, 6.07) is 12.3. The molecule has 2 atom stereocenters. The predicted molar refractivity (Wildman–Crippen MR) is 126 cm³/mol. The third-order valence-corrected chi connectivity index (χ3v) is 6.43. The van der Waals surface area contributed by atoms with Crippen LogP contribution in [0.4, 0.5) is 10.1 Å². The number of likely N-dealkylation sites (tertiary alicyclic amines) is 1. The highest BCUT2D eigenvalue weighted by molar-refractivity contribution is 6.31. The number of amides is 2. The van der Waals surface area contributed by atoms with E-state index in [1.54, 1.807) is 30.4 Å². The molecule has 2 saturated heterocycles. The van der Waals surface area contributed by atoms with E-state index in [-0.39, 0.29) is 24.2 Å². The molecular weight excluding hydrogens is 445 g/mol. The maximum Gasteiger partial charge on any atom is 0.250 e. The molecule has 2 aromatic rings. The molecule has 0 saturated carbocycles. The number of anilines is 1. The molecule has 4 rings (SSSR count). The fraction of sp³-hybridized carbons (Fsp3) is 0.360. The Hall–Kier alpha value is -2.74. The highest BCUT2D eigenvalue weighted by Gasteiger charge is 2.40. The first-order chi connectivity index (χ1) is 15.9. The Kier molecular flexibility index (Phi) is 7.42. The topological polar surface area (TPSA) is 61.9 Å². The number of fused-ring (bicyclic) bond motifs is 2. The van der Waals surface area contributed by atoms with E-state index in [1.807, 2.05) is 17.0 Å². The maximum absolute atomic E-state index is 13.2. The first-order valence-corrected chi connectivity index (χ1v) is 11.4. The third kappa shape index (κ3) is 5.79. The van der Waals surface area contributed by atoms with Crippen molar-refractivity contribution in [3.8, 4) is 0 Å². The first kappa shape index (κ1) is 23.4. The van der Waals surface area contributed by atoms with Crippen molar-refractivity contribution in [1.29, 1.82) is 0 Å². The standard InChI is InChI=1S/C25H27ClFN3O3/c1-33-16-24(31)28-23-12-19(26)6-4-18(23)5-11-25(32)29-14-21-9-10-22(15-29)30(21)13-17-2-7-20(27)8-3-17/h2-8,11-12,21-22H,9-10,13-16H2,1H3,(H,28,31)/b11-5+. The van der Waals surface area contributed by atoms with Crippen molar-refractivity contribution in [1.82, 2.24) is 9.80 Å². The largest absolute Gasteiger partial charge is 0.375 e. The molecule has 2 aromatic carbocycles. The number of hydrogen-bond acceptors (Lipinski definition) is 4. The van der Waals surface area contributed by atoms with E-state index in [4.69, 9.17) is 16.3 Å². The van der Waals surface area contributed by atoms with Gasteiger partial charge in [-0.1, -0.05) is 29.8 Å². The molecule has 0 radical (unpaired) electrons. The lowest BCUT2D eigenvalue weighted by atomic mass is 10.1. The van der Waals surface area contributed by atoms with Crippen molar-refractivity contribution in [3.63, 3.8) is 0 Å². The third-order valence-electron chi connectivity index (χ3n) is 6.19. The number of nitrogens with zero attached hydrogens (tertiary/aromatic N) is 2. The highest BCUT2D eigenvalue weighted by atomic mass is 35.5. The molecule has 174 valence electrons. The maximum atomic E-state index is 13.2. The summed E-state index contributed by atoms with van der Waals surface area (Å²) in [6.07, 6.45) is 5.34. The van der Waals surface area contributed by atoms with Crippen molar-refractivity contribution in [2.75, 3.05) is 32.1 Å². The van der Waals surface area contributed by atoms with Crippen molar-refractivity contribution >= 4 is 35.2 Å². The van der Waals surface area contributed by atoms with E-state index in [0.717, 1.165) is 24.9 Å². The zero-order valence-electron chi connectivity index (χ0n) is 18.5. The second-order valence-corrected chi connectivity index (χ2v) is 8.91. The Morgan fingerprint density at radius 2 is 1.85 bits per heavy atom. The van der Waals surface area contributed by atoms with E-state index in [2.05, 4.69) is 10.2 Å². The number of piperazine rings is 1. The van der Waals surface area contributed by atoms with Gasteiger partial charge in [-0.05, 0) is 54.3 Å². The summed E-state index contributed by atoms with van der Waals surface area (Å²) in [5.41, 5.74) is 2.30. The lowest BCUT2D eigenvalue weighted by molar-refractivity contribution is -0.129. The fourth-order valence-electron chi connectivity index (χ4n) is 4.59. The molecule has 2 amide bonds. The van der Waals surface area contributed by atoms with Crippen LogP contribution in [0.25, 0.3) is 6.08 Å². The minimum absolute atomic E-state index is 0.0579. The van der Waals surface area contributed by atoms with Crippen molar-refractivity contribution in [2.24, 2.45) is 0 Å². The highest BCUT2D eigenvalue weighted by Crippen LogP contribution is 2.32. The predicted octanol–water partition coefficient (Wildman–Crippen LogP) is 3.95. The summed E-state index contributed by atoms with van der Waals surface area (Å²) >= 11 is 6.08. The molecule has 2 bridgehead atoms. The van der Waals surface area contributed by atoms with Gasteiger partial charge in [0.2, 0.25) is 11.8 Å². The van der Waals surface area contributed by atoms with Crippen molar-refractivity contribution < 1.29 is 18.7 Å². The van der Waals surface area contributed by atoms with Gasteiger partial charge in [-0.3, -0.25) is 14.5 Å². The molecule has 2 aliphatic heterocycles. The average Bonchev–Trinajstić information content (AvgIpc) is 3.01. The molecule has 33 heavy (non-hydrogen) atoms. The Labute approximate surface area is 198 Å². The van der Waals surface area contributed by atoms with Crippen LogP contribution in [0.3, 0.4) is 0 Å². The number of nitrogens with one attached hydrogen (secondary N) is 1. The Morgan fingerprint density at radius 3 is 2.52 bits per heavy atom. The van der Waals surface area contributed by atoms with Gasteiger partial charge in [0.25, 0.3) is 0 Å². The van der Waals surface area contributed by atoms with Gasteiger partial charge in [-0.25, -0.2) is 4.39 Å². The molecule has 0 spiro atoms. The zero-order chi connectivity index (χ0) is 23.4. The van der Waals surface area contributed by atoms with E-state index >= 15 is 0 Å². The Morgan fingerprint density at radius 1 is 1.15 bits per heavy atom. The van der Waals surface area contributed by atoms with Gasteiger partial charge >= 0.3 is 0 Å². The van der Waals surface area contributed by atoms with E-state index in [9.17, 15) is 14.0 Å². The smallest absolute Gasteiger partial charge is 0.250 e. The van der Waals surface area contributed by atoms with E-state index < -0.39 is 0 Å². The van der Waals surface area contributed by atoms with Crippen LogP contribution in [0, 0.1) is 5.82 Å². The molecule has 2 aliphatic rings. The number of carbonyl (C=O) groups excluding carboxylic acids is 2. The van der Waals surface area contributed by atoms with Crippen LogP contribution in [0.15, 0.2) is 48.5 Å². The number of ether oxygens (including phenoxy) is 1. The minimum atomic E-state index is -0.297. The van der Waals surface area contributed by atoms with Crippen molar-refractivity contribution in [3.05, 3.63) is 70.5 Å². The summed E-state index contributed by atoms with van der Waals surface area (Å²) < 4.78 is 18.1. The number of hydrogen-bond donors (Lipinski definition) is 1. The molecule has 0 aliphatic carbocycles. The first-order valence-electron chi connectivity index (χ1n) is 11.0. The average molecular weight is 472 g/mol. The number of halogens is 2. The van der Waals surface area contributed by atoms with Gasteiger partial charge < -0.3 is 15.0 Å². The summed E-state index contributed by atoms with van der Waals surface area (Å²) in [7, 11) is 1.45. The van der Waals surface area contributed by atoms with Crippen LogP contribution in [0.1, 0.15) is 24.0 Å². The lowest BCUT2D eigenvalue weighted by Gasteiger charge is -2.40. The van der Waals surface area contributed by atoms with Crippen LogP contribution in [0.5, 0.6) is 0 Å². The number of rotatable bonds is 7. The number of carbonyl (C=O) groups is 2. The Bertz CT molecular complexity index is 1030. The summed E-state index contributed by atoms with van der Waals surface area (Å²) in [6.45, 7) is 2.03. The molecule has 2 heterocycles. The number of benzene rings is 2. The van der Waals surface area contributed by atoms with Crippen LogP contribution < -0.4 is 5.32 Å². The molecule has 2 unspecified atom stereocenters. The Balaban J connectivity index is 1.40. The second kappa shape index (κ2) is 10.5. The SMILES string of the molecule is COCC(=O)Nc1cc(Cl)ccc1/C=C/C(=O)N1CC2CCC(C1)N2Cc1ccc(F)cc1. The molecule has 2 fully saturated rings. The van der Waals surface area contributed by atoms with Gasteiger partial charge in [-0.2, -0.15) is 0 Å². The van der Waals surface area contributed by atoms with E-state index in [0.29, 0.717) is 41.4 Å². The van der Waals surface area contributed by atoms with Crippen molar-refractivity contribution in [2.45, 2.75) is 31.5 Å². The van der Waals surface area contributed by atoms with Crippen LogP contribution in [0.2, 0.25) is 5.02 Å². The normalized spacial score (nSPS) is 20.4. The van der Waals surface area contributed by atoms with Gasteiger partial charge in [0.1, 0.15) is 12.4 Å². The zero-order valence-corrected chi connectivity index (χ0v) is 19.2. The van der Waals surface area contributed by atoms with Gasteiger partial charge in [-0.15, -0.1) is 0 Å². The summed E-state index contributed by atoms with van der Waals surface area (Å²) in [4.78, 5) is 29.2. The molecular formula is C25H27ClFN3O3. The van der Waals surface area contributed by atoms with E-state index in [1.165, 1.54) is 19.2 Å². The van der Waals surface area contributed by atoms with Gasteiger partial charge in [0.15, 0.2) is 0 Å². The molecule has 6 nitrogen and oxygen atoms in total. The van der Waals surface area contributed by atoms with Crippen LogP contribution in [-0.2, 0) is 20.9 Å². The summed E-state index contributed by atoms with van der Waals surface area (Å²) in [5.74, 6) is -0.585. The minimum Gasteiger partial charge on any atom is -0.375 e.